The molecule has 1 fully saturated rings. The summed E-state index contributed by atoms with van der Waals surface area (Å²) in [5.74, 6) is -0.0323. The van der Waals surface area contributed by atoms with Crippen LogP contribution in [0.3, 0.4) is 0 Å². The molecule has 0 spiro atoms. The van der Waals surface area contributed by atoms with E-state index in [1.807, 2.05) is 21.6 Å². The average molecular weight is 277 g/mol. The maximum Gasteiger partial charge on any atom is 0.315 e. The molecule has 1 atom stereocenters. The van der Waals surface area contributed by atoms with Gasteiger partial charge in [-0.25, -0.2) is 4.79 Å². The molecule has 7 heteroatoms. The number of carbonyl (C=O) groups excluding carboxylic acids is 2. The van der Waals surface area contributed by atoms with E-state index in [1.54, 1.807) is 0 Å². The van der Waals surface area contributed by atoms with Gasteiger partial charge < -0.3 is 20.5 Å². The number of nitrogens with one attached hydrogen (secondary N) is 2. The summed E-state index contributed by atoms with van der Waals surface area (Å²) in [7, 11) is 3.90. The second-order valence-electron chi connectivity index (χ2n) is 3.81. The molecule has 17 heavy (non-hydrogen) atoms. The van der Waals surface area contributed by atoms with Gasteiger partial charge in [0.25, 0.3) is 0 Å². The lowest BCUT2D eigenvalue weighted by molar-refractivity contribution is -0.303. The van der Waals surface area contributed by atoms with Crippen molar-refractivity contribution >= 4 is 33.6 Å². The number of aliphatic carboxylic acids is 1. The summed E-state index contributed by atoms with van der Waals surface area (Å²) in [4.78, 5) is 21.1. The highest BCUT2D eigenvalue weighted by Crippen LogP contribution is 2.39. The normalized spacial score (nSPS) is 18.9. The summed E-state index contributed by atoms with van der Waals surface area (Å²) in [5.41, 5.74) is 0. The summed E-state index contributed by atoms with van der Waals surface area (Å²) < 4.78 is 0. The fraction of sp³-hybridized carbons (Fsp3) is 0.800. The van der Waals surface area contributed by atoms with Crippen LogP contribution in [0, 0.1) is 0 Å². The van der Waals surface area contributed by atoms with Crippen molar-refractivity contribution in [3.63, 3.8) is 0 Å². The van der Waals surface area contributed by atoms with E-state index in [0.717, 1.165) is 18.1 Å². The molecule has 0 bridgehead atoms. The van der Waals surface area contributed by atoms with Crippen LogP contribution in [-0.2, 0) is 4.79 Å². The van der Waals surface area contributed by atoms with Gasteiger partial charge in [-0.2, -0.15) is 0 Å². The lowest BCUT2D eigenvalue weighted by Gasteiger charge is -2.09. The van der Waals surface area contributed by atoms with Crippen molar-refractivity contribution in [3.8, 4) is 0 Å². The topological polar surface area (TPSA) is 81.3 Å². The third-order valence-corrected chi connectivity index (χ3v) is 5.37. The van der Waals surface area contributed by atoms with Gasteiger partial charge in [0.1, 0.15) is 0 Å². The van der Waals surface area contributed by atoms with Crippen LogP contribution in [0.15, 0.2) is 0 Å². The highest BCUT2D eigenvalue weighted by molar-refractivity contribution is 8.77. The Hall–Kier alpha value is -0.560. The monoisotopic (exact) mass is 277 g/mol. The molecule has 1 aliphatic heterocycles. The fourth-order valence-electron chi connectivity index (χ4n) is 1.48. The number of hydrogen-bond acceptors (Lipinski definition) is 5. The van der Waals surface area contributed by atoms with E-state index >= 15 is 0 Å². The predicted octanol–water partition coefficient (Wildman–Crippen LogP) is 0.359. The molecule has 0 saturated carbocycles. The Bertz CT molecular complexity index is 258. The van der Waals surface area contributed by atoms with E-state index < -0.39 is 18.5 Å². The Morgan fingerprint density at radius 1 is 1.29 bits per heavy atom. The zero-order chi connectivity index (χ0) is 12.5. The van der Waals surface area contributed by atoms with Crippen molar-refractivity contribution < 1.29 is 14.7 Å². The molecule has 1 rings (SSSR count). The summed E-state index contributed by atoms with van der Waals surface area (Å²) in [6.45, 7) is 0.144. The average Bonchev–Trinajstić information content (AvgIpc) is 2.79. The Kier molecular flexibility index (Phi) is 7.27. The molecule has 0 aromatic heterocycles. The second kappa shape index (κ2) is 8.52. The van der Waals surface area contributed by atoms with Crippen LogP contribution < -0.4 is 15.7 Å². The quantitative estimate of drug-likeness (QED) is 0.519. The number of rotatable bonds is 7. The molecule has 1 heterocycles. The molecule has 2 N–H and O–H groups in total. The van der Waals surface area contributed by atoms with Crippen LogP contribution in [0.4, 0.5) is 4.79 Å². The Morgan fingerprint density at radius 2 is 2.12 bits per heavy atom. The Morgan fingerprint density at radius 3 is 2.76 bits per heavy atom. The molecule has 5 nitrogen and oxygen atoms in total. The van der Waals surface area contributed by atoms with Crippen molar-refractivity contribution in [3.05, 3.63) is 0 Å². The van der Waals surface area contributed by atoms with Crippen LogP contribution in [0.25, 0.3) is 0 Å². The zero-order valence-corrected chi connectivity index (χ0v) is 11.2. The van der Waals surface area contributed by atoms with Crippen molar-refractivity contribution in [1.29, 1.82) is 0 Å². The first-order valence-corrected chi connectivity index (χ1v) is 8.06. The molecule has 0 radical (unpaired) electrons. The lowest BCUT2D eigenvalue weighted by atomic mass is 10.1. The number of carboxylic acid groups (broad SMARTS) is 1. The lowest BCUT2D eigenvalue weighted by Crippen LogP contribution is -2.42. The van der Waals surface area contributed by atoms with Crippen molar-refractivity contribution in [2.24, 2.45) is 0 Å². The van der Waals surface area contributed by atoms with E-state index in [-0.39, 0.29) is 0 Å². The largest absolute Gasteiger partial charge is 0.548 e. The molecule has 0 aliphatic carbocycles. The maximum atomic E-state index is 11.0. The number of amides is 2. The van der Waals surface area contributed by atoms with Crippen molar-refractivity contribution in [2.75, 3.05) is 18.8 Å². The van der Waals surface area contributed by atoms with Gasteiger partial charge in [0, 0.05) is 17.5 Å². The number of carboxylic acids is 1. The summed E-state index contributed by atoms with van der Waals surface area (Å²) >= 11 is 0. The van der Waals surface area contributed by atoms with Gasteiger partial charge in [0.05, 0.1) is 12.5 Å². The van der Waals surface area contributed by atoms with Crippen molar-refractivity contribution in [2.45, 2.75) is 30.9 Å². The summed E-state index contributed by atoms with van der Waals surface area (Å²) in [6, 6.07) is -0.444. The Balaban J connectivity index is 1.89. The van der Waals surface area contributed by atoms with Crippen LogP contribution in [0.2, 0.25) is 0 Å². The van der Waals surface area contributed by atoms with Gasteiger partial charge in [-0.05, 0) is 19.3 Å². The van der Waals surface area contributed by atoms with Gasteiger partial charge in [-0.15, -0.1) is 0 Å². The molecular formula is C10H17N2O3S2-. The first kappa shape index (κ1) is 14.5. The molecule has 2 amide bonds. The fourth-order valence-corrected chi connectivity index (χ4v) is 4.51. The van der Waals surface area contributed by atoms with Gasteiger partial charge in [0.15, 0.2) is 0 Å². The molecule has 1 saturated heterocycles. The van der Waals surface area contributed by atoms with E-state index in [0.29, 0.717) is 6.54 Å². The van der Waals surface area contributed by atoms with Crippen LogP contribution in [-0.4, -0.2) is 36.1 Å². The molecule has 1 aliphatic rings. The SMILES string of the molecule is O=C([O-])CNC(=O)NCCCCC1CCSS1. The van der Waals surface area contributed by atoms with E-state index in [1.165, 1.54) is 18.6 Å². The Labute approximate surface area is 109 Å². The minimum atomic E-state index is -1.28. The van der Waals surface area contributed by atoms with Crippen LogP contribution >= 0.6 is 21.6 Å². The van der Waals surface area contributed by atoms with Gasteiger partial charge >= 0.3 is 6.03 Å². The molecule has 0 aromatic rings. The van der Waals surface area contributed by atoms with Gasteiger partial charge in [-0.1, -0.05) is 28.0 Å². The zero-order valence-electron chi connectivity index (χ0n) is 9.57. The number of urea groups is 1. The minimum Gasteiger partial charge on any atom is -0.548 e. The van der Waals surface area contributed by atoms with E-state index in [4.69, 9.17) is 0 Å². The molecule has 98 valence electrons. The predicted molar refractivity (Wildman–Crippen MR) is 68.7 cm³/mol. The molecule has 0 aromatic carbocycles. The standard InChI is InChI=1S/C10H18N2O3S2/c13-9(14)7-12-10(15)11-5-2-1-3-8-4-6-16-17-8/h8H,1-7H2,(H,13,14)(H2,11,12,15)/p-1. The highest BCUT2D eigenvalue weighted by Gasteiger charge is 2.15. The second-order valence-corrected chi connectivity index (χ2v) is 6.59. The number of carbonyl (C=O) groups is 2. The van der Waals surface area contributed by atoms with Gasteiger partial charge in [0.2, 0.25) is 0 Å². The molecular weight excluding hydrogens is 260 g/mol. The third kappa shape index (κ3) is 7.38. The minimum absolute atomic E-state index is 0.443. The number of hydrogen-bond donors (Lipinski definition) is 2. The van der Waals surface area contributed by atoms with Gasteiger partial charge in [-0.3, -0.25) is 0 Å². The third-order valence-electron chi connectivity index (χ3n) is 2.36. The van der Waals surface area contributed by atoms with E-state index in [2.05, 4.69) is 10.6 Å². The number of unbranched alkanes of at least 4 members (excludes halogenated alkanes) is 1. The summed E-state index contributed by atoms with van der Waals surface area (Å²) in [5, 5.41) is 15.6. The smallest absolute Gasteiger partial charge is 0.315 e. The summed E-state index contributed by atoms with van der Waals surface area (Å²) in [6.07, 6.45) is 4.51. The molecule has 1 unspecified atom stereocenters. The first-order chi connectivity index (χ1) is 8.18. The van der Waals surface area contributed by atoms with Crippen LogP contribution in [0.5, 0.6) is 0 Å². The first-order valence-electron chi connectivity index (χ1n) is 5.68. The maximum absolute atomic E-state index is 11.0. The van der Waals surface area contributed by atoms with Crippen molar-refractivity contribution in [1.82, 2.24) is 10.6 Å². The highest BCUT2D eigenvalue weighted by atomic mass is 33.1. The van der Waals surface area contributed by atoms with E-state index in [9.17, 15) is 14.7 Å². The van der Waals surface area contributed by atoms with Crippen LogP contribution in [0.1, 0.15) is 25.7 Å².